The zero-order valence-corrected chi connectivity index (χ0v) is 12.5. The third-order valence-electron chi connectivity index (χ3n) is 3.66. The Labute approximate surface area is 102 Å². The molecule has 0 unspecified atom stereocenters. The maximum atomic E-state index is 2.64. The number of hydrogen-bond donors (Lipinski definition) is 0. The summed E-state index contributed by atoms with van der Waals surface area (Å²) >= 11 is 0. The van der Waals surface area contributed by atoms with E-state index in [-0.39, 0.29) is 11.1 Å². The van der Waals surface area contributed by atoms with E-state index in [1.54, 1.807) is 0 Å². The molecule has 0 radical (unpaired) electrons. The van der Waals surface area contributed by atoms with Gasteiger partial charge < -0.3 is 0 Å². The van der Waals surface area contributed by atoms with Gasteiger partial charge in [0, 0.05) is 36.3 Å². The van der Waals surface area contributed by atoms with Gasteiger partial charge in [-0.05, 0) is 55.4 Å². The van der Waals surface area contributed by atoms with Gasteiger partial charge in [0.2, 0.25) is 0 Å². The fourth-order valence-corrected chi connectivity index (χ4v) is 2.97. The Bertz CT molecular complexity index is 242. The summed E-state index contributed by atoms with van der Waals surface area (Å²) in [6.07, 6.45) is 0. The molecule has 0 amide bonds. The van der Waals surface area contributed by atoms with E-state index < -0.39 is 0 Å². The van der Waals surface area contributed by atoms with Gasteiger partial charge in [-0.3, -0.25) is 9.80 Å². The quantitative estimate of drug-likeness (QED) is 0.626. The lowest BCUT2D eigenvalue weighted by Crippen LogP contribution is -2.67. The highest BCUT2D eigenvalue weighted by Gasteiger charge is 2.41. The van der Waals surface area contributed by atoms with Gasteiger partial charge >= 0.3 is 0 Å². The Morgan fingerprint density at radius 3 is 1.62 bits per heavy atom. The summed E-state index contributed by atoms with van der Waals surface area (Å²) in [7, 11) is 0. The molecule has 0 aliphatic carbocycles. The average Bonchev–Trinajstić information content (AvgIpc) is 1.97. The molecule has 1 fully saturated rings. The van der Waals surface area contributed by atoms with Crippen molar-refractivity contribution in [2.24, 2.45) is 0 Å². The van der Waals surface area contributed by atoms with Crippen molar-refractivity contribution in [3.8, 4) is 0 Å². The van der Waals surface area contributed by atoms with E-state index in [0.717, 1.165) is 6.54 Å². The molecular formula is C14H30N2. The van der Waals surface area contributed by atoms with Gasteiger partial charge in [-0.15, -0.1) is 0 Å². The van der Waals surface area contributed by atoms with E-state index in [4.69, 9.17) is 0 Å². The van der Waals surface area contributed by atoms with Crippen LogP contribution in [0.1, 0.15) is 55.4 Å². The second kappa shape index (κ2) is 3.99. The Morgan fingerprint density at radius 2 is 1.31 bits per heavy atom. The number of rotatable bonds is 0. The van der Waals surface area contributed by atoms with Crippen LogP contribution in [-0.4, -0.2) is 46.1 Å². The molecule has 2 heteroatoms. The SMILES string of the molecule is CC(C)(C)N1CCN(C(C)(C)C)C(C)(C)C1. The van der Waals surface area contributed by atoms with Crippen LogP contribution >= 0.6 is 0 Å². The van der Waals surface area contributed by atoms with E-state index in [1.807, 2.05) is 0 Å². The van der Waals surface area contributed by atoms with Crippen molar-refractivity contribution in [3.05, 3.63) is 0 Å². The van der Waals surface area contributed by atoms with E-state index in [1.165, 1.54) is 13.1 Å². The monoisotopic (exact) mass is 226 g/mol. The van der Waals surface area contributed by atoms with Crippen LogP contribution < -0.4 is 0 Å². The average molecular weight is 226 g/mol. The van der Waals surface area contributed by atoms with Crippen molar-refractivity contribution >= 4 is 0 Å². The van der Waals surface area contributed by atoms with E-state index in [2.05, 4.69) is 65.2 Å². The van der Waals surface area contributed by atoms with E-state index in [0.29, 0.717) is 5.54 Å². The minimum Gasteiger partial charge on any atom is -0.295 e. The molecule has 1 heterocycles. The van der Waals surface area contributed by atoms with Gasteiger partial charge in [-0.1, -0.05) is 0 Å². The lowest BCUT2D eigenvalue weighted by molar-refractivity contribution is -0.0635. The van der Waals surface area contributed by atoms with Crippen LogP contribution in [0.3, 0.4) is 0 Å². The summed E-state index contributed by atoms with van der Waals surface area (Å²) in [6.45, 7) is 22.2. The topological polar surface area (TPSA) is 6.48 Å². The molecule has 1 saturated heterocycles. The summed E-state index contributed by atoms with van der Waals surface area (Å²) in [6, 6.07) is 0. The van der Waals surface area contributed by atoms with Crippen LogP contribution in [0.15, 0.2) is 0 Å². The minimum absolute atomic E-state index is 0.268. The first-order valence-electron chi connectivity index (χ1n) is 6.47. The largest absolute Gasteiger partial charge is 0.295 e. The molecule has 96 valence electrons. The number of nitrogens with zero attached hydrogens (tertiary/aromatic N) is 2. The summed E-state index contributed by atoms with van der Waals surface area (Å²) in [5.41, 5.74) is 0.832. The second-order valence-electron chi connectivity index (χ2n) is 7.73. The Hall–Kier alpha value is -0.0800. The molecule has 1 rings (SSSR count). The van der Waals surface area contributed by atoms with Crippen LogP contribution in [0.5, 0.6) is 0 Å². The minimum atomic E-state index is 0.268. The third kappa shape index (κ3) is 2.98. The molecule has 0 aromatic rings. The molecule has 0 aromatic heterocycles. The van der Waals surface area contributed by atoms with E-state index >= 15 is 0 Å². The first-order valence-corrected chi connectivity index (χ1v) is 6.47. The Morgan fingerprint density at radius 1 is 0.812 bits per heavy atom. The maximum absolute atomic E-state index is 2.64. The first-order chi connectivity index (χ1) is 6.94. The van der Waals surface area contributed by atoms with Crippen molar-refractivity contribution in [2.45, 2.75) is 72.0 Å². The van der Waals surface area contributed by atoms with E-state index in [9.17, 15) is 0 Å². The molecule has 16 heavy (non-hydrogen) atoms. The van der Waals surface area contributed by atoms with Gasteiger partial charge in [0.05, 0.1) is 0 Å². The first kappa shape index (κ1) is 14.0. The van der Waals surface area contributed by atoms with Crippen LogP contribution in [0.2, 0.25) is 0 Å². The van der Waals surface area contributed by atoms with Gasteiger partial charge in [-0.2, -0.15) is 0 Å². The van der Waals surface area contributed by atoms with Crippen molar-refractivity contribution in [3.63, 3.8) is 0 Å². The maximum Gasteiger partial charge on any atom is 0.0286 e. The van der Waals surface area contributed by atoms with Crippen molar-refractivity contribution < 1.29 is 0 Å². The predicted molar refractivity (Wildman–Crippen MR) is 71.9 cm³/mol. The zero-order chi connectivity index (χ0) is 12.8. The molecule has 0 aromatic carbocycles. The van der Waals surface area contributed by atoms with Crippen molar-refractivity contribution in [1.29, 1.82) is 0 Å². The normalized spacial score (nSPS) is 24.8. The molecule has 2 nitrogen and oxygen atoms in total. The molecule has 0 saturated carbocycles. The van der Waals surface area contributed by atoms with Crippen molar-refractivity contribution in [1.82, 2.24) is 9.80 Å². The molecule has 0 atom stereocenters. The second-order valence-corrected chi connectivity index (χ2v) is 7.73. The fraction of sp³-hybridized carbons (Fsp3) is 1.00. The number of piperazine rings is 1. The molecule has 0 spiro atoms. The van der Waals surface area contributed by atoms with Crippen LogP contribution in [0.4, 0.5) is 0 Å². The highest BCUT2D eigenvalue weighted by atomic mass is 15.4. The molecule has 1 aliphatic rings. The molecular weight excluding hydrogens is 196 g/mol. The fourth-order valence-electron chi connectivity index (χ4n) is 2.97. The molecule has 0 bridgehead atoms. The standard InChI is InChI=1S/C14H30N2/c1-12(2,3)15-9-10-16(13(4,5)6)14(7,8)11-15/h9-11H2,1-8H3. The summed E-state index contributed by atoms with van der Waals surface area (Å²) in [4.78, 5) is 5.25. The molecule has 0 N–H and O–H groups in total. The Balaban J connectivity index is 2.82. The lowest BCUT2D eigenvalue weighted by atomic mass is 9.89. The van der Waals surface area contributed by atoms with Crippen LogP contribution in [0, 0.1) is 0 Å². The van der Waals surface area contributed by atoms with Crippen molar-refractivity contribution in [2.75, 3.05) is 19.6 Å². The van der Waals surface area contributed by atoms with Gasteiger partial charge in [-0.25, -0.2) is 0 Å². The van der Waals surface area contributed by atoms with Crippen LogP contribution in [-0.2, 0) is 0 Å². The highest BCUT2D eigenvalue weighted by Crippen LogP contribution is 2.31. The van der Waals surface area contributed by atoms with Gasteiger partial charge in [0.25, 0.3) is 0 Å². The number of hydrogen-bond acceptors (Lipinski definition) is 2. The highest BCUT2D eigenvalue weighted by molar-refractivity contribution is 4.98. The van der Waals surface area contributed by atoms with Gasteiger partial charge in [0.15, 0.2) is 0 Å². The Kier molecular flexibility index (Phi) is 3.49. The van der Waals surface area contributed by atoms with Crippen LogP contribution in [0.25, 0.3) is 0 Å². The summed E-state index contributed by atoms with van der Waals surface area (Å²) in [5, 5.41) is 0. The summed E-state index contributed by atoms with van der Waals surface area (Å²) in [5.74, 6) is 0. The van der Waals surface area contributed by atoms with Gasteiger partial charge in [0.1, 0.15) is 0 Å². The lowest BCUT2D eigenvalue weighted by Gasteiger charge is -2.55. The predicted octanol–water partition coefficient (Wildman–Crippen LogP) is 2.98. The summed E-state index contributed by atoms with van der Waals surface area (Å²) < 4.78 is 0. The third-order valence-corrected chi connectivity index (χ3v) is 3.66. The smallest absolute Gasteiger partial charge is 0.0286 e. The molecule has 1 aliphatic heterocycles. The zero-order valence-electron chi connectivity index (χ0n) is 12.5.